The fourth-order valence-electron chi connectivity index (χ4n) is 3.60. The second-order valence-corrected chi connectivity index (χ2v) is 8.64. The Morgan fingerprint density at radius 2 is 2.17 bits per heavy atom. The van der Waals surface area contributed by atoms with Crippen molar-refractivity contribution in [1.82, 2.24) is 0 Å². The molecule has 2 aliphatic heterocycles. The van der Waals surface area contributed by atoms with Gasteiger partial charge in [0.05, 0.1) is 16.4 Å². The molecule has 1 N–H and O–H groups in total. The number of esters is 1. The number of carbonyl (C=O) groups excluding carboxylic acids is 1. The Morgan fingerprint density at radius 3 is 2.83 bits per heavy atom. The Balaban J connectivity index is 1.97. The zero-order valence-electron chi connectivity index (χ0n) is 13.5. The Kier molecular flexibility index (Phi) is 3.91. The molecule has 0 saturated carbocycles. The van der Waals surface area contributed by atoms with E-state index in [-0.39, 0.29) is 5.92 Å². The monoisotopic (exact) mass is 335 g/mol. The van der Waals surface area contributed by atoms with Crippen molar-refractivity contribution in [1.29, 1.82) is 0 Å². The second kappa shape index (κ2) is 5.51. The van der Waals surface area contributed by atoms with E-state index in [1.54, 1.807) is 27.0 Å². The third kappa shape index (κ3) is 2.73. The van der Waals surface area contributed by atoms with E-state index in [1.165, 1.54) is 11.8 Å². The summed E-state index contributed by atoms with van der Waals surface area (Å²) in [6.45, 7) is 5.39. The summed E-state index contributed by atoms with van der Waals surface area (Å²) in [4.78, 5) is 29.0. The quantitative estimate of drug-likeness (QED) is 0.785. The molecule has 0 radical (unpaired) electrons. The molecular weight excluding hydrogens is 314 g/mol. The van der Waals surface area contributed by atoms with E-state index < -0.39 is 33.5 Å². The maximum atomic E-state index is 12.6. The number of hydrogen-bond acceptors (Lipinski definition) is 5. The van der Waals surface area contributed by atoms with Crippen molar-refractivity contribution >= 4 is 29.9 Å². The number of carboxylic acid groups (broad SMARTS) is 1. The lowest BCUT2D eigenvalue weighted by molar-refractivity contribution is -0.159. The minimum Gasteiger partial charge on any atom is -0.481 e. The van der Waals surface area contributed by atoms with Gasteiger partial charge in [0.15, 0.2) is 0 Å². The molecule has 5 nitrogen and oxygen atoms in total. The van der Waals surface area contributed by atoms with Crippen molar-refractivity contribution in [3.8, 4) is 0 Å². The maximum Gasteiger partial charge on any atom is 0.320 e. The molecule has 124 valence electrons. The fourth-order valence-corrected chi connectivity index (χ4v) is 5.50. The lowest BCUT2D eigenvalue weighted by Gasteiger charge is -2.38. The number of aliphatic imine (C=N–C) groups is 1. The average Bonchev–Trinajstić information content (AvgIpc) is 2.79. The van der Waals surface area contributed by atoms with E-state index in [0.717, 1.165) is 5.70 Å². The molecule has 0 aromatic carbocycles. The van der Waals surface area contributed by atoms with Gasteiger partial charge in [-0.25, -0.2) is 0 Å². The molecule has 4 unspecified atom stereocenters. The van der Waals surface area contributed by atoms with E-state index in [2.05, 4.69) is 4.99 Å². The van der Waals surface area contributed by atoms with Crippen LogP contribution in [0.25, 0.3) is 0 Å². The molecule has 1 saturated heterocycles. The summed E-state index contributed by atoms with van der Waals surface area (Å²) in [5, 5.41) is 9.05. The van der Waals surface area contributed by atoms with Gasteiger partial charge in [-0.3, -0.25) is 14.6 Å². The van der Waals surface area contributed by atoms with E-state index in [4.69, 9.17) is 4.74 Å². The highest BCUT2D eigenvalue weighted by atomic mass is 32.2. The highest BCUT2D eigenvalue weighted by Crippen LogP contribution is 2.60. The van der Waals surface area contributed by atoms with Gasteiger partial charge in [0.25, 0.3) is 0 Å². The summed E-state index contributed by atoms with van der Waals surface area (Å²) >= 11 is 1.42. The van der Waals surface area contributed by atoms with Crippen molar-refractivity contribution in [3.63, 3.8) is 0 Å². The highest BCUT2D eigenvalue weighted by Gasteiger charge is 2.61. The van der Waals surface area contributed by atoms with Gasteiger partial charge in [-0.05, 0) is 45.6 Å². The molecule has 4 atom stereocenters. The summed E-state index contributed by atoms with van der Waals surface area (Å²) < 4.78 is 5.06. The normalized spacial score (nSPS) is 35.3. The Bertz CT molecular complexity index is 631. The second-order valence-electron chi connectivity index (χ2n) is 7.16. The van der Waals surface area contributed by atoms with Crippen LogP contribution in [0, 0.1) is 11.8 Å². The molecule has 1 spiro atoms. The topological polar surface area (TPSA) is 76.0 Å². The van der Waals surface area contributed by atoms with Crippen molar-refractivity contribution in [3.05, 3.63) is 23.9 Å². The van der Waals surface area contributed by atoms with E-state index in [1.807, 2.05) is 18.2 Å². The van der Waals surface area contributed by atoms with E-state index in [9.17, 15) is 14.7 Å². The number of carbonyl (C=O) groups is 2. The number of carboxylic acids is 1. The van der Waals surface area contributed by atoms with Gasteiger partial charge in [-0.15, -0.1) is 11.8 Å². The van der Waals surface area contributed by atoms with Crippen LogP contribution in [0.2, 0.25) is 0 Å². The Morgan fingerprint density at radius 1 is 1.43 bits per heavy atom. The summed E-state index contributed by atoms with van der Waals surface area (Å²) in [7, 11) is 0. The smallest absolute Gasteiger partial charge is 0.320 e. The maximum absolute atomic E-state index is 12.6. The molecule has 3 aliphatic rings. The minimum atomic E-state index is -0.931. The van der Waals surface area contributed by atoms with Crippen molar-refractivity contribution in [2.45, 2.75) is 49.2 Å². The number of nitrogens with zero attached hydrogens (tertiary/aromatic N) is 1. The van der Waals surface area contributed by atoms with E-state index >= 15 is 0 Å². The Hall–Kier alpha value is -1.56. The van der Waals surface area contributed by atoms with Crippen LogP contribution in [0.15, 0.2) is 28.9 Å². The first-order chi connectivity index (χ1) is 10.7. The molecule has 2 heterocycles. The standard InChI is InChI=1S/C17H21NO4S/c1-16(2,3)22-15(21)13-12(14(19)20)10-7-9-18-11-6-4-5-8-17(10,11)23-13/h4-6,9-10,12-13H,7-8H2,1-3H3,(H,19,20). The van der Waals surface area contributed by atoms with Crippen molar-refractivity contribution < 1.29 is 19.4 Å². The van der Waals surface area contributed by atoms with Crippen LogP contribution in [0.3, 0.4) is 0 Å². The van der Waals surface area contributed by atoms with Gasteiger partial charge < -0.3 is 9.84 Å². The Labute approximate surface area is 139 Å². The molecular formula is C17H21NO4S. The molecule has 0 aromatic heterocycles. The first-order valence-corrected chi connectivity index (χ1v) is 8.66. The van der Waals surface area contributed by atoms with Gasteiger partial charge in [0.2, 0.25) is 0 Å². The number of hydrogen-bond donors (Lipinski definition) is 1. The van der Waals surface area contributed by atoms with Gasteiger partial charge in [-0.1, -0.05) is 12.2 Å². The predicted octanol–water partition coefficient (Wildman–Crippen LogP) is 2.82. The van der Waals surface area contributed by atoms with Crippen LogP contribution in [0.4, 0.5) is 0 Å². The highest BCUT2D eigenvalue weighted by molar-refractivity contribution is 8.02. The summed E-state index contributed by atoms with van der Waals surface area (Å²) in [5.74, 6) is -2.26. The molecule has 1 aliphatic carbocycles. The van der Waals surface area contributed by atoms with E-state index in [0.29, 0.717) is 12.8 Å². The van der Waals surface area contributed by atoms with Gasteiger partial charge in [0, 0.05) is 6.21 Å². The molecule has 1 fully saturated rings. The van der Waals surface area contributed by atoms with Crippen LogP contribution in [-0.4, -0.2) is 38.9 Å². The largest absolute Gasteiger partial charge is 0.481 e. The minimum absolute atomic E-state index is 0.142. The zero-order valence-corrected chi connectivity index (χ0v) is 14.3. The lowest BCUT2D eigenvalue weighted by atomic mass is 9.72. The number of thioether (sulfide) groups is 1. The summed E-state index contributed by atoms with van der Waals surface area (Å²) in [6, 6.07) is 0. The first-order valence-electron chi connectivity index (χ1n) is 7.78. The number of aliphatic carboxylic acids is 1. The molecule has 0 amide bonds. The van der Waals surface area contributed by atoms with Crippen LogP contribution < -0.4 is 0 Å². The third-order valence-electron chi connectivity index (χ3n) is 4.45. The first kappa shape index (κ1) is 16.3. The molecule has 23 heavy (non-hydrogen) atoms. The average molecular weight is 335 g/mol. The van der Waals surface area contributed by atoms with Crippen molar-refractivity contribution in [2.24, 2.45) is 16.8 Å². The number of allylic oxidation sites excluding steroid dienone is 3. The summed E-state index contributed by atoms with van der Waals surface area (Å²) in [6.07, 6.45) is 8.96. The van der Waals surface area contributed by atoms with Crippen molar-refractivity contribution in [2.75, 3.05) is 0 Å². The van der Waals surface area contributed by atoms with Crippen LogP contribution in [0.1, 0.15) is 33.6 Å². The van der Waals surface area contributed by atoms with Crippen LogP contribution >= 0.6 is 11.8 Å². The van der Waals surface area contributed by atoms with Crippen LogP contribution in [0.5, 0.6) is 0 Å². The number of ether oxygens (including phenoxy) is 1. The number of rotatable bonds is 2. The van der Waals surface area contributed by atoms with Gasteiger partial charge in [0.1, 0.15) is 10.9 Å². The molecule has 0 aromatic rings. The predicted molar refractivity (Wildman–Crippen MR) is 89.5 cm³/mol. The molecule has 0 bridgehead atoms. The lowest BCUT2D eigenvalue weighted by Crippen LogP contribution is -2.41. The van der Waals surface area contributed by atoms with Crippen LogP contribution in [-0.2, 0) is 14.3 Å². The molecule has 3 rings (SSSR count). The third-order valence-corrected chi connectivity index (χ3v) is 6.29. The van der Waals surface area contributed by atoms with Gasteiger partial charge in [-0.2, -0.15) is 0 Å². The summed E-state index contributed by atoms with van der Waals surface area (Å²) in [5.41, 5.74) is 0.242. The zero-order chi connectivity index (χ0) is 16.8. The fraction of sp³-hybridized carbons (Fsp3) is 0.588. The SMILES string of the molecule is CC(C)(C)OC(=O)C1SC23CC=CC=C2N=CCC3C1C(=O)O. The van der Waals surface area contributed by atoms with Gasteiger partial charge >= 0.3 is 11.9 Å². The molecule has 6 heteroatoms.